The zero-order valence-corrected chi connectivity index (χ0v) is 11.8. The van der Waals surface area contributed by atoms with Crippen molar-refractivity contribution in [2.75, 3.05) is 6.54 Å². The first-order valence-corrected chi connectivity index (χ1v) is 6.78. The van der Waals surface area contributed by atoms with Crippen LogP contribution in [0.25, 0.3) is 0 Å². The minimum absolute atomic E-state index is 0.217. The van der Waals surface area contributed by atoms with E-state index in [2.05, 4.69) is 17.2 Å². The van der Waals surface area contributed by atoms with Crippen LogP contribution < -0.4 is 10.1 Å². The molecule has 0 saturated heterocycles. The van der Waals surface area contributed by atoms with Gasteiger partial charge in [0.05, 0.1) is 6.20 Å². The molecule has 106 valence electrons. The lowest BCUT2D eigenvalue weighted by atomic mass is 10.2. The Hall–Kier alpha value is -1.94. The standard InChI is InChI=1S/C16H19FN2O/c1-3-8-18-10-13-5-7-16(15(17)9-13)20-14-6-4-12(2)19-11-14/h4-7,9,11,18H,3,8,10H2,1-2H3. The number of rotatable bonds is 6. The lowest BCUT2D eigenvalue weighted by Gasteiger charge is -2.09. The quantitative estimate of drug-likeness (QED) is 0.813. The first kappa shape index (κ1) is 14.5. The third kappa shape index (κ3) is 4.03. The summed E-state index contributed by atoms with van der Waals surface area (Å²) < 4.78 is 19.4. The first-order chi connectivity index (χ1) is 9.69. The molecule has 0 unspecified atom stereocenters. The van der Waals surface area contributed by atoms with E-state index in [4.69, 9.17) is 4.74 Å². The Balaban J connectivity index is 2.03. The van der Waals surface area contributed by atoms with Crippen molar-refractivity contribution in [2.24, 2.45) is 0 Å². The lowest BCUT2D eigenvalue weighted by Crippen LogP contribution is -2.13. The molecule has 0 aliphatic heterocycles. The highest BCUT2D eigenvalue weighted by Crippen LogP contribution is 2.24. The number of nitrogens with zero attached hydrogens (tertiary/aromatic N) is 1. The van der Waals surface area contributed by atoms with Crippen molar-refractivity contribution in [3.05, 3.63) is 53.6 Å². The fourth-order valence-electron chi connectivity index (χ4n) is 1.79. The van der Waals surface area contributed by atoms with Gasteiger partial charge in [-0.05, 0) is 49.7 Å². The van der Waals surface area contributed by atoms with Gasteiger partial charge in [-0.25, -0.2) is 4.39 Å². The maximum atomic E-state index is 14.0. The average Bonchev–Trinajstić information content (AvgIpc) is 2.44. The average molecular weight is 274 g/mol. The van der Waals surface area contributed by atoms with Crippen LogP contribution in [-0.2, 0) is 6.54 Å². The highest BCUT2D eigenvalue weighted by atomic mass is 19.1. The van der Waals surface area contributed by atoms with Gasteiger partial charge in [0.15, 0.2) is 11.6 Å². The van der Waals surface area contributed by atoms with Gasteiger partial charge >= 0.3 is 0 Å². The van der Waals surface area contributed by atoms with Gasteiger partial charge in [-0.15, -0.1) is 0 Å². The molecule has 0 radical (unpaired) electrons. The second kappa shape index (κ2) is 7.01. The predicted octanol–water partition coefficient (Wildman–Crippen LogP) is 3.82. The fourth-order valence-corrected chi connectivity index (χ4v) is 1.79. The summed E-state index contributed by atoms with van der Waals surface area (Å²) in [5, 5.41) is 3.24. The second-order valence-electron chi connectivity index (χ2n) is 4.68. The monoisotopic (exact) mass is 274 g/mol. The molecule has 1 heterocycles. The zero-order chi connectivity index (χ0) is 14.4. The molecule has 0 fully saturated rings. The van der Waals surface area contributed by atoms with Gasteiger partial charge in [0.25, 0.3) is 0 Å². The largest absolute Gasteiger partial charge is 0.453 e. The summed E-state index contributed by atoms with van der Waals surface area (Å²) >= 11 is 0. The molecule has 0 saturated carbocycles. The van der Waals surface area contributed by atoms with E-state index in [0.29, 0.717) is 12.3 Å². The molecular formula is C16H19FN2O. The van der Waals surface area contributed by atoms with E-state index in [1.807, 2.05) is 19.1 Å². The minimum atomic E-state index is -0.360. The number of aromatic nitrogens is 1. The number of halogens is 1. The Morgan fingerprint density at radius 3 is 2.75 bits per heavy atom. The summed E-state index contributed by atoms with van der Waals surface area (Å²) in [6, 6.07) is 8.62. The minimum Gasteiger partial charge on any atom is -0.453 e. The van der Waals surface area contributed by atoms with E-state index in [1.54, 1.807) is 18.3 Å². The maximum absolute atomic E-state index is 14.0. The molecule has 0 aliphatic rings. The van der Waals surface area contributed by atoms with Gasteiger partial charge < -0.3 is 10.1 Å². The maximum Gasteiger partial charge on any atom is 0.166 e. The van der Waals surface area contributed by atoms with Crippen LogP contribution in [0, 0.1) is 12.7 Å². The Morgan fingerprint density at radius 2 is 2.10 bits per heavy atom. The van der Waals surface area contributed by atoms with E-state index in [0.717, 1.165) is 24.2 Å². The van der Waals surface area contributed by atoms with E-state index >= 15 is 0 Å². The Labute approximate surface area is 118 Å². The van der Waals surface area contributed by atoms with Gasteiger partial charge in [-0.3, -0.25) is 4.98 Å². The van der Waals surface area contributed by atoms with Crippen LogP contribution in [0.3, 0.4) is 0 Å². The van der Waals surface area contributed by atoms with Crippen molar-refractivity contribution in [1.82, 2.24) is 10.3 Å². The molecule has 0 amide bonds. The molecule has 0 spiro atoms. The van der Waals surface area contributed by atoms with Crippen LogP contribution in [0.4, 0.5) is 4.39 Å². The van der Waals surface area contributed by atoms with Gasteiger partial charge in [-0.1, -0.05) is 13.0 Å². The topological polar surface area (TPSA) is 34.1 Å². The van der Waals surface area contributed by atoms with Crippen molar-refractivity contribution in [3.8, 4) is 11.5 Å². The van der Waals surface area contributed by atoms with E-state index in [9.17, 15) is 4.39 Å². The number of hydrogen-bond acceptors (Lipinski definition) is 3. The lowest BCUT2D eigenvalue weighted by molar-refractivity contribution is 0.439. The smallest absolute Gasteiger partial charge is 0.166 e. The van der Waals surface area contributed by atoms with Crippen molar-refractivity contribution in [1.29, 1.82) is 0 Å². The Bertz CT molecular complexity index is 555. The van der Waals surface area contributed by atoms with Gasteiger partial charge in [0.2, 0.25) is 0 Å². The van der Waals surface area contributed by atoms with Crippen LogP contribution in [-0.4, -0.2) is 11.5 Å². The molecule has 2 aromatic rings. The SMILES string of the molecule is CCCNCc1ccc(Oc2ccc(C)nc2)c(F)c1. The number of hydrogen-bond donors (Lipinski definition) is 1. The number of ether oxygens (including phenoxy) is 1. The molecular weight excluding hydrogens is 255 g/mol. The predicted molar refractivity (Wildman–Crippen MR) is 77.4 cm³/mol. The highest BCUT2D eigenvalue weighted by molar-refractivity contribution is 5.33. The Morgan fingerprint density at radius 1 is 1.25 bits per heavy atom. The molecule has 2 rings (SSSR count). The van der Waals surface area contributed by atoms with E-state index < -0.39 is 0 Å². The summed E-state index contributed by atoms with van der Waals surface area (Å²) in [7, 11) is 0. The van der Waals surface area contributed by atoms with Gasteiger partial charge in [0, 0.05) is 12.2 Å². The van der Waals surface area contributed by atoms with Crippen LogP contribution >= 0.6 is 0 Å². The number of benzene rings is 1. The summed E-state index contributed by atoms with van der Waals surface area (Å²) in [5.41, 5.74) is 1.81. The molecule has 1 aromatic carbocycles. The van der Waals surface area contributed by atoms with Crippen molar-refractivity contribution >= 4 is 0 Å². The molecule has 4 heteroatoms. The van der Waals surface area contributed by atoms with Crippen LogP contribution in [0.15, 0.2) is 36.5 Å². The summed E-state index contributed by atoms with van der Waals surface area (Å²) in [5.74, 6) is 0.391. The summed E-state index contributed by atoms with van der Waals surface area (Å²) in [6.07, 6.45) is 2.65. The molecule has 0 atom stereocenters. The Kier molecular flexibility index (Phi) is 5.07. The fraction of sp³-hybridized carbons (Fsp3) is 0.312. The van der Waals surface area contributed by atoms with E-state index in [-0.39, 0.29) is 11.6 Å². The van der Waals surface area contributed by atoms with Crippen LogP contribution in [0.5, 0.6) is 11.5 Å². The van der Waals surface area contributed by atoms with Gasteiger partial charge in [0.1, 0.15) is 5.75 Å². The molecule has 0 aliphatic carbocycles. The molecule has 1 N–H and O–H groups in total. The first-order valence-electron chi connectivity index (χ1n) is 6.78. The van der Waals surface area contributed by atoms with Crippen molar-refractivity contribution < 1.29 is 9.13 Å². The van der Waals surface area contributed by atoms with Crippen LogP contribution in [0.1, 0.15) is 24.6 Å². The number of pyridine rings is 1. The molecule has 1 aromatic heterocycles. The van der Waals surface area contributed by atoms with E-state index in [1.165, 1.54) is 6.07 Å². The normalized spacial score (nSPS) is 10.6. The molecule has 0 bridgehead atoms. The van der Waals surface area contributed by atoms with Crippen LogP contribution in [0.2, 0.25) is 0 Å². The third-order valence-electron chi connectivity index (χ3n) is 2.86. The zero-order valence-electron chi connectivity index (χ0n) is 11.8. The number of nitrogens with one attached hydrogen (secondary N) is 1. The number of aryl methyl sites for hydroxylation is 1. The highest BCUT2D eigenvalue weighted by Gasteiger charge is 2.06. The summed E-state index contributed by atoms with van der Waals surface area (Å²) in [6.45, 7) is 5.58. The second-order valence-corrected chi connectivity index (χ2v) is 4.68. The van der Waals surface area contributed by atoms with Gasteiger partial charge in [-0.2, -0.15) is 0 Å². The summed E-state index contributed by atoms with van der Waals surface area (Å²) in [4.78, 5) is 4.11. The third-order valence-corrected chi connectivity index (χ3v) is 2.86. The van der Waals surface area contributed by atoms with Crippen molar-refractivity contribution in [2.45, 2.75) is 26.8 Å². The van der Waals surface area contributed by atoms with Crippen molar-refractivity contribution in [3.63, 3.8) is 0 Å². The molecule has 20 heavy (non-hydrogen) atoms. The molecule has 3 nitrogen and oxygen atoms in total.